The van der Waals surface area contributed by atoms with E-state index in [1.165, 1.54) is 11.3 Å². The Kier molecular flexibility index (Phi) is 2.56. The summed E-state index contributed by atoms with van der Waals surface area (Å²) in [5.41, 5.74) is 3.59. The molecule has 2 heterocycles. The molecule has 0 amide bonds. The number of aryl methyl sites for hydroxylation is 2. The maximum Gasteiger partial charge on any atom is 0.197 e. The molecule has 0 radical (unpaired) electrons. The van der Waals surface area contributed by atoms with Gasteiger partial charge in [0.25, 0.3) is 0 Å². The van der Waals surface area contributed by atoms with Crippen LogP contribution in [-0.4, -0.2) is 17.1 Å². The number of aromatic nitrogens is 2. The molecule has 0 fully saturated rings. The van der Waals surface area contributed by atoms with Crippen molar-refractivity contribution in [1.29, 1.82) is 0 Å². The molecule has 92 valence electrons. The lowest BCUT2D eigenvalue weighted by Gasteiger charge is -1.94. The summed E-state index contributed by atoms with van der Waals surface area (Å²) in [5, 5.41) is 1.78. The minimum absolute atomic E-state index is 0.676. The molecule has 0 aliphatic rings. The number of methoxy groups -OCH3 is 1. The van der Waals surface area contributed by atoms with Crippen molar-refractivity contribution < 1.29 is 9.15 Å². The number of fused-ring (bicyclic) bond motifs is 1. The summed E-state index contributed by atoms with van der Waals surface area (Å²) in [7, 11) is 1.66. The lowest BCUT2D eigenvalue weighted by molar-refractivity contribution is 0.423. The largest absolute Gasteiger partial charge is 0.486 e. The fourth-order valence-corrected chi connectivity index (χ4v) is 2.75. The number of hydrogen-bond acceptors (Lipinski definition) is 5. The molecule has 2 aromatic heterocycles. The molecule has 0 aliphatic heterocycles. The summed E-state index contributed by atoms with van der Waals surface area (Å²) >= 11 is 1.53. The molecule has 18 heavy (non-hydrogen) atoms. The Morgan fingerprint density at radius 1 is 1.22 bits per heavy atom. The number of thiazole rings is 1. The molecular weight excluding hydrogens is 248 g/mol. The van der Waals surface area contributed by atoms with Crippen molar-refractivity contribution in [2.45, 2.75) is 13.8 Å². The van der Waals surface area contributed by atoms with Crippen LogP contribution in [0, 0.1) is 13.8 Å². The first-order valence-electron chi connectivity index (χ1n) is 5.56. The zero-order chi connectivity index (χ0) is 12.7. The standard InChI is InChI=1S/C13H12N2O2S/c1-7-13(16-3)18-12(14-7)9-4-5-10-11(6-9)17-8(2)15-10/h4-6H,1-3H3. The average Bonchev–Trinajstić information content (AvgIpc) is 2.89. The molecule has 1 aromatic carbocycles. The van der Waals surface area contributed by atoms with Gasteiger partial charge in [0.15, 0.2) is 16.5 Å². The average molecular weight is 260 g/mol. The first kappa shape index (κ1) is 11.2. The van der Waals surface area contributed by atoms with E-state index in [0.717, 1.165) is 32.4 Å². The molecule has 0 spiro atoms. The molecule has 3 aromatic rings. The van der Waals surface area contributed by atoms with Gasteiger partial charge in [-0.3, -0.25) is 0 Å². The molecule has 5 heteroatoms. The predicted octanol–water partition coefficient (Wildman–Crippen LogP) is 3.58. The van der Waals surface area contributed by atoms with Crippen LogP contribution in [0.25, 0.3) is 21.7 Å². The van der Waals surface area contributed by atoms with Gasteiger partial charge < -0.3 is 9.15 Å². The van der Waals surface area contributed by atoms with Gasteiger partial charge in [-0.15, -0.1) is 0 Å². The Hall–Kier alpha value is -1.88. The van der Waals surface area contributed by atoms with Crippen LogP contribution in [0.1, 0.15) is 11.6 Å². The van der Waals surface area contributed by atoms with Crippen molar-refractivity contribution in [1.82, 2.24) is 9.97 Å². The highest BCUT2D eigenvalue weighted by Crippen LogP contribution is 2.34. The van der Waals surface area contributed by atoms with Crippen LogP contribution in [0.3, 0.4) is 0 Å². The van der Waals surface area contributed by atoms with Crippen LogP contribution in [0.15, 0.2) is 22.6 Å². The van der Waals surface area contributed by atoms with E-state index in [2.05, 4.69) is 9.97 Å². The molecule has 0 unspecified atom stereocenters. The second-order valence-corrected chi connectivity index (χ2v) is 4.97. The molecule has 4 nitrogen and oxygen atoms in total. The van der Waals surface area contributed by atoms with Crippen LogP contribution >= 0.6 is 11.3 Å². The fraction of sp³-hybridized carbons (Fsp3) is 0.231. The predicted molar refractivity (Wildman–Crippen MR) is 71.1 cm³/mol. The summed E-state index contributed by atoms with van der Waals surface area (Å²) < 4.78 is 10.8. The topological polar surface area (TPSA) is 48.2 Å². The maximum atomic E-state index is 5.53. The first-order chi connectivity index (χ1) is 8.67. The number of benzene rings is 1. The van der Waals surface area contributed by atoms with Crippen molar-refractivity contribution >= 4 is 22.4 Å². The smallest absolute Gasteiger partial charge is 0.197 e. The van der Waals surface area contributed by atoms with E-state index in [9.17, 15) is 0 Å². The minimum Gasteiger partial charge on any atom is -0.486 e. The quantitative estimate of drug-likeness (QED) is 0.706. The minimum atomic E-state index is 0.676. The van der Waals surface area contributed by atoms with E-state index in [1.807, 2.05) is 32.0 Å². The van der Waals surface area contributed by atoms with Crippen LogP contribution in [-0.2, 0) is 0 Å². The molecule has 0 N–H and O–H groups in total. The van der Waals surface area contributed by atoms with Gasteiger partial charge in [0.2, 0.25) is 0 Å². The number of rotatable bonds is 2. The van der Waals surface area contributed by atoms with Gasteiger partial charge in [0.1, 0.15) is 10.5 Å². The second-order valence-electron chi connectivity index (χ2n) is 4.01. The Morgan fingerprint density at radius 2 is 2.06 bits per heavy atom. The molecule has 0 saturated carbocycles. The third kappa shape index (κ3) is 1.76. The monoisotopic (exact) mass is 260 g/mol. The zero-order valence-corrected chi connectivity index (χ0v) is 11.2. The lowest BCUT2D eigenvalue weighted by Crippen LogP contribution is -1.80. The van der Waals surface area contributed by atoms with Gasteiger partial charge in [0.05, 0.1) is 12.8 Å². The Labute approximate surface area is 108 Å². The highest BCUT2D eigenvalue weighted by Gasteiger charge is 2.11. The highest BCUT2D eigenvalue weighted by atomic mass is 32.1. The fourth-order valence-electron chi connectivity index (χ4n) is 1.87. The first-order valence-corrected chi connectivity index (χ1v) is 6.38. The van der Waals surface area contributed by atoms with E-state index in [0.29, 0.717) is 5.89 Å². The van der Waals surface area contributed by atoms with Gasteiger partial charge in [0, 0.05) is 12.5 Å². The lowest BCUT2D eigenvalue weighted by atomic mass is 10.2. The number of ether oxygens (including phenoxy) is 1. The van der Waals surface area contributed by atoms with E-state index < -0.39 is 0 Å². The van der Waals surface area contributed by atoms with Gasteiger partial charge in [-0.05, 0) is 25.1 Å². The summed E-state index contributed by atoms with van der Waals surface area (Å²) in [6.07, 6.45) is 0. The Balaban J connectivity index is 2.12. The van der Waals surface area contributed by atoms with Crippen molar-refractivity contribution in [2.75, 3.05) is 7.11 Å². The highest BCUT2D eigenvalue weighted by molar-refractivity contribution is 7.17. The van der Waals surface area contributed by atoms with Gasteiger partial charge in [-0.1, -0.05) is 11.3 Å². The third-order valence-corrected chi connectivity index (χ3v) is 3.85. The SMILES string of the molecule is COc1sc(-c2ccc3nc(C)oc3c2)nc1C. The molecule has 0 bridgehead atoms. The zero-order valence-electron chi connectivity index (χ0n) is 10.4. The van der Waals surface area contributed by atoms with Crippen LogP contribution < -0.4 is 4.74 Å². The van der Waals surface area contributed by atoms with E-state index >= 15 is 0 Å². The normalized spacial score (nSPS) is 11.1. The van der Waals surface area contributed by atoms with Crippen LogP contribution in [0.5, 0.6) is 5.06 Å². The Morgan fingerprint density at radius 3 is 2.78 bits per heavy atom. The Bertz CT molecular complexity index is 715. The van der Waals surface area contributed by atoms with Crippen molar-refractivity contribution in [3.63, 3.8) is 0 Å². The molecular formula is C13H12N2O2S. The molecule has 0 atom stereocenters. The maximum absolute atomic E-state index is 5.53. The summed E-state index contributed by atoms with van der Waals surface area (Å²) in [5.74, 6) is 0.676. The summed E-state index contributed by atoms with van der Waals surface area (Å²) in [6, 6.07) is 5.92. The van der Waals surface area contributed by atoms with Crippen molar-refractivity contribution in [2.24, 2.45) is 0 Å². The van der Waals surface area contributed by atoms with Gasteiger partial charge in [-0.2, -0.15) is 0 Å². The van der Waals surface area contributed by atoms with Gasteiger partial charge in [-0.25, -0.2) is 9.97 Å². The van der Waals surface area contributed by atoms with Crippen molar-refractivity contribution in [3.05, 3.63) is 29.8 Å². The summed E-state index contributed by atoms with van der Waals surface area (Å²) in [4.78, 5) is 8.78. The molecule has 3 rings (SSSR count). The third-order valence-electron chi connectivity index (χ3n) is 2.68. The number of hydrogen-bond donors (Lipinski definition) is 0. The van der Waals surface area contributed by atoms with E-state index in [-0.39, 0.29) is 0 Å². The number of oxazole rings is 1. The molecule has 0 aliphatic carbocycles. The number of nitrogens with zero attached hydrogens (tertiary/aromatic N) is 2. The summed E-state index contributed by atoms with van der Waals surface area (Å²) in [6.45, 7) is 3.78. The van der Waals surface area contributed by atoms with Gasteiger partial charge >= 0.3 is 0 Å². The van der Waals surface area contributed by atoms with E-state index in [1.54, 1.807) is 7.11 Å². The van der Waals surface area contributed by atoms with E-state index in [4.69, 9.17) is 9.15 Å². The second kappa shape index (κ2) is 4.10. The van der Waals surface area contributed by atoms with Crippen molar-refractivity contribution in [3.8, 4) is 15.6 Å². The van der Waals surface area contributed by atoms with Crippen LogP contribution in [0.2, 0.25) is 0 Å². The van der Waals surface area contributed by atoms with Crippen LogP contribution in [0.4, 0.5) is 0 Å². The molecule has 0 saturated heterocycles.